The molecule has 2 rings (SSSR count). The standard InChI is InChI=1S/C11H18N2O4S/c1-10(2)5-8(12-16-10)7-18(14,15)9-6-11(3,4)17-13-9/h5-6,12-13H,7H2,1-4H3. The molecule has 102 valence electrons. The van der Waals surface area contributed by atoms with E-state index in [-0.39, 0.29) is 10.8 Å². The lowest BCUT2D eigenvalue weighted by atomic mass is 10.1. The van der Waals surface area contributed by atoms with Gasteiger partial charge in [0.1, 0.15) is 11.2 Å². The third-order valence-electron chi connectivity index (χ3n) is 2.54. The summed E-state index contributed by atoms with van der Waals surface area (Å²) in [5.41, 5.74) is 4.52. The molecule has 18 heavy (non-hydrogen) atoms. The molecule has 0 saturated carbocycles. The largest absolute Gasteiger partial charge is 0.269 e. The number of hydrogen-bond donors (Lipinski definition) is 2. The van der Waals surface area contributed by atoms with E-state index >= 15 is 0 Å². The lowest BCUT2D eigenvalue weighted by Crippen LogP contribution is -2.25. The average molecular weight is 274 g/mol. The number of rotatable bonds is 3. The van der Waals surface area contributed by atoms with Gasteiger partial charge in [-0.1, -0.05) is 0 Å². The van der Waals surface area contributed by atoms with Crippen molar-refractivity contribution in [3.8, 4) is 0 Å². The summed E-state index contributed by atoms with van der Waals surface area (Å²) in [7, 11) is -3.45. The lowest BCUT2D eigenvalue weighted by Gasteiger charge is -2.11. The van der Waals surface area contributed by atoms with E-state index in [0.29, 0.717) is 5.70 Å². The molecule has 7 heteroatoms. The molecule has 0 aromatic carbocycles. The van der Waals surface area contributed by atoms with Gasteiger partial charge in [0.05, 0.1) is 11.4 Å². The molecule has 2 heterocycles. The van der Waals surface area contributed by atoms with Crippen LogP contribution in [0.4, 0.5) is 0 Å². The van der Waals surface area contributed by atoms with E-state index in [1.54, 1.807) is 26.0 Å². The summed E-state index contributed by atoms with van der Waals surface area (Å²) >= 11 is 0. The molecular formula is C11H18N2O4S. The van der Waals surface area contributed by atoms with Crippen LogP contribution in [0.25, 0.3) is 0 Å². The Morgan fingerprint density at radius 1 is 1.06 bits per heavy atom. The summed E-state index contributed by atoms with van der Waals surface area (Å²) in [5, 5.41) is 0.0971. The van der Waals surface area contributed by atoms with E-state index in [1.807, 2.05) is 13.8 Å². The fraction of sp³-hybridized carbons (Fsp3) is 0.636. The predicted molar refractivity (Wildman–Crippen MR) is 66.6 cm³/mol. The first-order valence-corrected chi connectivity index (χ1v) is 7.30. The van der Waals surface area contributed by atoms with Gasteiger partial charge in [-0.15, -0.1) is 0 Å². The maximum atomic E-state index is 12.1. The summed E-state index contributed by atoms with van der Waals surface area (Å²) in [6.45, 7) is 7.25. The average Bonchev–Trinajstić information content (AvgIpc) is 2.69. The van der Waals surface area contributed by atoms with Crippen LogP contribution in [0.15, 0.2) is 22.9 Å². The van der Waals surface area contributed by atoms with Gasteiger partial charge < -0.3 is 0 Å². The van der Waals surface area contributed by atoms with Gasteiger partial charge in [-0.25, -0.2) is 8.42 Å². The van der Waals surface area contributed by atoms with Gasteiger partial charge in [-0.2, -0.15) is 0 Å². The molecule has 2 N–H and O–H groups in total. The summed E-state index contributed by atoms with van der Waals surface area (Å²) in [6, 6.07) is 0. The molecule has 2 aliphatic heterocycles. The first-order chi connectivity index (χ1) is 8.10. The highest BCUT2D eigenvalue weighted by Gasteiger charge is 2.33. The SMILES string of the molecule is CC1(C)C=C(CS(=O)(=O)C2=CC(C)(C)ON2)NO1. The topological polar surface area (TPSA) is 76.7 Å². The zero-order valence-electron chi connectivity index (χ0n) is 10.9. The van der Waals surface area contributed by atoms with Crippen molar-refractivity contribution in [3.63, 3.8) is 0 Å². The zero-order chi connectivity index (χ0) is 13.6. The van der Waals surface area contributed by atoms with Crippen LogP contribution in [0.1, 0.15) is 27.7 Å². The summed E-state index contributed by atoms with van der Waals surface area (Å²) < 4.78 is 24.3. The molecule has 0 spiro atoms. The fourth-order valence-electron chi connectivity index (χ4n) is 1.74. The van der Waals surface area contributed by atoms with Gasteiger partial charge in [0.25, 0.3) is 0 Å². The van der Waals surface area contributed by atoms with Crippen molar-refractivity contribution in [2.45, 2.75) is 38.9 Å². The van der Waals surface area contributed by atoms with Crippen LogP contribution in [-0.2, 0) is 19.5 Å². The Morgan fingerprint density at radius 2 is 1.61 bits per heavy atom. The molecule has 0 aliphatic carbocycles. The Morgan fingerprint density at radius 3 is 2.06 bits per heavy atom. The van der Waals surface area contributed by atoms with Crippen LogP contribution in [0.2, 0.25) is 0 Å². The second kappa shape index (κ2) is 3.97. The van der Waals surface area contributed by atoms with Crippen molar-refractivity contribution >= 4 is 9.84 Å². The van der Waals surface area contributed by atoms with E-state index < -0.39 is 21.0 Å². The normalized spacial score (nSPS) is 25.1. The Bertz CT molecular complexity index is 517. The van der Waals surface area contributed by atoms with E-state index in [1.165, 1.54) is 0 Å². The Kier molecular flexibility index (Phi) is 2.95. The highest BCUT2D eigenvalue weighted by molar-refractivity contribution is 7.95. The zero-order valence-corrected chi connectivity index (χ0v) is 11.7. The van der Waals surface area contributed by atoms with Crippen molar-refractivity contribution in [2.75, 3.05) is 5.75 Å². The molecule has 0 radical (unpaired) electrons. The minimum Gasteiger partial charge on any atom is -0.269 e. The van der Waals surface area contributed by atoms with Crippen LogP contribution in [-0.4, -0.2) is 25.4 Å². The van der Waals surface area contributed by atoms with E-state index in [0.717, 1.165) is 0 Å². The first-order valence-electron chi connectivity index (χ1n) is 5.65. The van der Waals surface area contributed by atoms with Gasteiger partial charge in [0.15, 0.2) is 5.03 Å². The monoisotopic (exact) mass is 274 g/mol. The minimum absolute atomic E-state index is 0.0971. The maximum absolute atomic E-state index is 12.1. The Balaban J connectivity index is 2.15. The fourth-order valence-corrected chi connectivity index (χ4v) is 3.08. The molecule has 0 fully saturated rings. The van der Waals surface area contributed by atoms with Gasteiger partial charge in [0.2, 0.25) is 9.84 Å². The molecular weight excluding hydrogens is 256 g/mol. The second-order valence-electron chi connectivity index (χ2n) is 5.55. The number of sulfone groups is 1. The predicted octanol–water partition coefficient (Wildman–Crippen LogP) is 0.753. The summed E-state index contributed by atoms with van der Waals surface area (Å²) in [5.74, 6) is -0.144. The third kappa shape index (κ3) is 2.85. The van der Waals surface area contributed by atoms with Crippen LogP contribution >= 0.6 is 0 Å². The Hall–Kier alpha value is -1.05. The van der Waals surface area contributed by atoms with E-state index in [9.17, 15) is 8.42 Å². The molecule has 0 saturated heterocycles. The summed E-state index contributed by atoms with van der Waals surface area (Å²) in [4.78, 5) is 10.4. The second-order valence-corrected chi connectivity index (χ2v) is 7.51. The van der Waals surface area contributed by atoms with Crippen molar-refractivity contribution < 1.29 is 18.1 Å². The quantitative estimate of drug-likeness (QED) is 0.791. The Labute approximate surface area is 107 Å². The number of hydrogen-bond acceptors (Lipinski definition) is 6. The summed E-state index contributed by atoms with van der Waals surface area (Å²) in [6.07, 6.45) is 3.32. The molecule has 0 aromatic heterocycles. The molecule has 0 atom stereocenters. The van der Waals surface area contributed by atoms with Crippen LogP contribution in [0.3, 0.4) is 0 Å². The maximum Gasteiger partial charge on any atom is 0.200 e. The lowest BCUT2D eigenvalue weighted by molar-refractivity contribution is -0.0152. The van der Waals surface area contributed by atoms with Crippen LogP contribution in [0, 0.1) is 0 Å². The minimum atomic E-state index is -3.45. The molecule has 0 amide bonds. The van der Waals surface area contributed by atoms with Gasteiger partial charge >= 0.3 is 0 Å². The molecule has 2 aliphatic rings. The molecule has 0 aromatic rings. The van der Waals surface area contributed by atoms with Crippen LogP contribution < -0.4 is 11.0 Å². The third-order valence-corrected chi connectivity index (χ3v) is 4.10. The smallest absolute Gasteiger partial charge is 0.200 e. The van der Waals surface area contributed by atoms with Crippen molar-refractivity contribution in [2.24, 2.45) is 0 Å². The number of nitrogens with one attached hydrogen (secondary N) is 2. The molecule has 0 unspecified atom stereocenters. The number of hydroxylamine groups is 2. The highest BCUT2D eigenvalue weighted by Crippen LogP contribution is 2.25. The van der Waals surface area contributed by atoms with Gasteiger partial charge in [-0.05, 0) is 39.8 Å². The highest BCUT2D eigenvalue weighted by atomic mass is 32.2. The van der Waals surface area contributed by atoms with Gasteiger partial charge in [-0.3, -0.25) is 20.6 Å². The first kappa shape index (κ1) is 13.4. The molecule has 0 bridgehead atoms. The van der Waals surface area contributed by atoms with Gasteiger partial charge in [0, 0.05) is 0 Å². The van der Waals surface area contributed by atoms with Crippen molar-refractivity contribution in [1.82, 2.24) is 11.0 Å². The van der Waals surface area contributed by atoms with Crippen molar-refractivity contribution in [3.05, 3.63) is 22.9 Å². The molecule has 6 nitrogen and oxygen atoms in total. The van der Waals surface area contributed by atoms with Crippen LogP contribution in [0.5, 0.6) is 0 Å². The van der Waals surface area contributed by atoms with E-state index in [4.69, 9.17) is 9.68 Å². The van der Waals surface area contributed by atoms with Crippen molar-refractivity contribution in [1.29, 1.82) is 0 Å². The van der Waals surface area contributed by atoms with E-state index in [2.05, 4.69) is 11.0 Å².